The number of benzene rings is 2. The second-order valence-corrected chi connectivity index (χ2v) is 6.08. The summed E-state index contributed by atoms with van der Waals surface area (Å²) in [6.45, 7) is 2.38. The summed E-state index contributed by atoms with van der Waals surface area (Å²) < 4.78 is 26.4. The lowest BCUT2D eigenvalue weighted by atomic mass is 10.1. The molecule has 0 fully saturated rings. The number of alkyl halides is 2. The van der Waals surface area contributed by atoms with Gasteiger partial charge in [0, 0.05) is 17.1 Å². The Hall–Kier alpha value is -2.53. The lowest BCUT2D eigenvalue weighted by Crippen LogP contribution is -2.06. The minimum atomic E-state index is -2.66. The van der Waals surface area contributed by atoms with Gasteiger partial charge >= 0.3 is 0 Å². The van der Waals surface area contributed by atoms with Gasteiger partial charge in [0.1, 0.15) is 5.69 Å². The monoisotopic (exact) mass is 359 g/mol. The molecule has 3 nitrogen and oxygen atoms in total. The predicted molar refractivity (Wildman–Crippen MR) is 95.9 cm³/mol. The van der Waals surface area contributed by atoms with E-state index in [2.05, 4.69) is 15.3 Å². The summed E-state index contributed by atoms with van der Waals surface area (Å²) in [6, 6.07) is 16.1. The van der Waals surface area contributed by atoms with Gasteiger partial charge < -0.3 is 5.32 Å². The topological polar surface area (TPSA) is 37.8 Å². The Kier molecular flexibility index (Phi) is 5.24. The number of aromatic nitrogens is 2. The number of nitrogens with one attached hydrogen (secondary N) is 1. The van der Waals surface area contributed by atoms with Crippen molar-refractivity contribution in [2.75, 3.05) is 5.32 Å². The molecule has 0 saturated carbocycles. The maximum absolute atomic E-state index is 13.2. The first-order valence-corrected chi connectivity index (χ1v) is 8.11. The predicted octanol–water partition coefficient (Wildman–Crippen LogP) is 5.66. The molecule has 0 amide bonds. The Bertz CT molecular complexity index is 850. The summed E-state index contributed by atoms with van der Waals surface area (Å²) in [7, 11) is 0. The van der Waals surface area contributed by atoms with Crippen LogP contribution < -0.4 is 5.32 Å². The van der Waals surface area contributed by atoms with E-state index in [0.29, 0.717) is 17.3 Å². The normalized spacial score (nSPS) is 10.9. The first-order chi connectivity index (χ1) is 12.0. The Labute approximate surface area is 149 Å². The highest BCUT2D eigenvalue weighted by Gasteiger charge is 2.14. The average Bonchev–Trinajstić information content (AvgIpc) is 2.61. The van der Waals surface area contributed by atoms with E-state index in [-0.39, 0.29) is 11.6 Å². The molecule has 6 heteroatoms. The molecule has 3 rings (SSSR count). The Morgan fingerprint density at radius 3 is 2.32 bits per heavy atom. The summed E-state index contributed by atoms with van der Waals surface area (Å²) in [5.74, 6) is 0.170. The van der Waals surface area contributed by atoms with Gasteiger partial charge in [-0.05, 0) is 30.7 Å². The molecule has 128 valence electrons. The molecule has 0 aliphatic heterocycles. The number of aryl methyl sites for hydroxylation is 1. The molecule has 1 N–H and O–H groups in total. The zero-order valence-corrected chi connectivity index (χ0v) is 14.3. The maximum Gasteiger partial charge on any atom is 0.280 e. The summed E-state index contributed by atoms with van der Waals surface area (Å²) in [6.07, 6.45) is -2.66. The third-order valence-corrected chi connectivity index (χ3v) is 3.93. The van der Waals surface area contributed by atoms with Gasteiger partial charge in [0.2, 0.25) is 5.95 Å². The Morgan fingerprint density at radius 2 is 1.68 bits per heavy atom. The second-order valence-electron chi connectivity index (χ2n) is 5.65. The molecule has 0 unspecified atom stereocenters. The Balaban J connectivity index is 1.87. The maximum atomic E-state index is 13.2. The number of nitrogens with zero attached hydrogens (tertiary/aromatic N) is 2. The van der Waals surface area contributed by atoms with Gasteiger partial charge in [-0.1, -0.05) is 53.6 Å². The number of halogens is 3. The molecule has 25 heavy (non-hydrogen) atoms. The SMILES string of the molecule is Cc1ccc(-c2cc(C(F)F)nc(NCc3ccc(Cl)cc3)n2)cc1. The Morgan fingerprint density at radius 1 is 1.00 bits per heavy atom. The minimum absolute atomic E-state index is 0.170. The van der Waals surface area contributed by atoms with Crippen LogP contribution in [0.5, 0.6) is 0 Å². The second kappa shape index (κ2) is 7.57. The van der Waals surface area contributed by atoms with Crippen molar-refractivity contribution in [3.05, 3.63) is 76.4 Å². The molecular formula is C19H16ClF2N3. The quantitative estimate of drug-likeness (QED) is 0.639. The van der Waals surface area contributed by atoms with Crippen molar-refractivity contribution in [3.8, 4) is 11.3 Å². The van der Waals surface area contributed by atoms with E-state index in [1.165, 1.54) is 6.07 Å². The van der Waals surface area contributed by atoms with Crippen molar-refractivity contribution >= 4 is 17.5 Å². The van der Waals surface area contributed by atoms with Crippen molar-refractivity contribution in [3.63, 3.8) is 0 Å². The lowest BCUT2D eigenvalue weighted by molar-refractivity contribution is 0.146. The molecule has 0 bridgehead atoms. The number of anilines is 1. The fraction of sp³-hybridized carbons (Fsp3) is 0.158. The van der Waals surface area contributed by atoms with E-state index in [1.54, 1.807) is 12.1 Å². The highest BCUT2D eigenvalue weighted by atomic mass is 35.5. The molecule has 0 atom stereocenters. The summed E-state index contributed by atoms with van der Waals surface area (Å²) in [5.41, 5.74) is 2.97. The van der Waals surface area contributed by atoms with Crippen LogP contribution in [-0.4, -0.2) is 9.97 Å². The molecule has 0 saturated heterocycles. The summed E-state index contributed by atoms with van der Waals surface area (Å²) in [5, 5.41) is 3.64. The van der Waals surface area contributed by atoms with Crippen LogP contribution in [0.25, 0.3) is 11.3 Å². The van der Waals surface area contributed by atoms with Gasteiger partial charge in [0.25, 0.3) is 6.43 Å². The minimum Gasteiger partial charge on any atom is -0.350 e. The first kappa shape index (κ1) is 17.3. The van der Waals surface area contributed by atoms with E-state index in [1.807, 2.05) is 43.3 Å². The van der Waals surface area contributed by atoms with E-state index in [4.69, 9.17) is 11.6 Å². The molecule has 1 aromatic heterocycles. The fourth-order valence-electron chi connectivity index (χ4n) is 2.31. The molecule has 3 aromatic rings. The molecule has 0 aliphatic carbocycles. The zero-order chi connectivity index (χ0) is 17.8. The van der Waals surface area contributed by atoms with Crippen LogP contribution >= 0.6 is 11.6 Å². The van der Waals surface area contributed by atoms with E-state index >= 15 is 0 Å². The molecule has 0 aliphatic rings. The van der Waals surface area contributed by atoms with Gasteiger partial charge in [-0.15, -0.1) is 0 Å². The first-order valence-electron chi connectivity index (χ1n) is 7.74. The number of rotatable bonds is 5. The average molecular weight is 360 g/mol. The van der Waals surface area contributed by atoms with Gasteiger partial charge in [-0.25, -0.2) is 18.7 Å². The number of hydrogen-bond donors (Lipinski definition) is 1. The molecule has 2 aromatic carbocycles. The summed E-state index contributed by atoms with van der Waals surface area (Å²) in [4.78, 5) is 8.28. The molecular weight excluding hydrogens is 344 g/mol. The standard InChI is InChI=1S/C19H16ClF2N3/c1-12-2-6-14(7-3-12)16-10-17(18(21)22)25-19(24-16)23-11-13-4-8-15(20)9-5-13/h2-10,18H,11H2,1H3,(H,23,24,25). The third kappa shape index (κ3) is 4.51. The van der Waals surface area contributed by atoms with E-state index in [0.717, 1.165) is 16.7 Å². The van der Waals surface area contributed by atoms with Gasteiger partial charge in [0.15, 0.2) is 0 Å². The van der Waals surface area contributed by atoms with Crippen LogP contribution in [0.3, 0.4) is 0 Å². The molecule has 0 radical (unpaired) electrons. The van der Waals surface area contributed by atoms with E-state index in [9.17, 15) is 8.78 Å². The summed E-state index contributed by atoms with van der Waals surface area (Å²) >= 11 is 5.86. The van der Waals surface area contributed by atoms with Crippen molar-refractivity contribution < 1.29 is 8.78 Å². The van der Waals surface area contributed by atoms with Crippen molar-refractivity contribution in [2.24, 2.45) is 0 Å². The number of hydrogen-bond acceptors (Lipinski definition) is 3. The van der Waals surface area contributed by atoms with Gasteiger partial charge in [-0.2, -0.15) is 0 Å². The zero-order valence-electron chi connectivity index (χ0n) is 13.5. The smallest absolute Gasteiger partial charge is 0.280 e. The van der Waals surface area contributed by atoms with Crippen LogP contribution in [0.15, 0.2) is 54.6 Å². The van der Waals surface area contributed by atoms with Crippen LogP contribution in [0, 0.1) is 6.92 Å². The van der Waals surface area contributed by atoms with Crippen LogP contribution in [0.4, 0.5) is 14.7 Å². The van der Waals surface area contributed by atoms with Crippen molar-refractivity contribution in [1.82, 2.24) is 9.97 Å². The van der Waals surface area contributed by atoms with Crippen molar-refractivity contribution in [1.29, 1.82) is 0 Å². The highest BCUT2D eigenvalue weighted by Crippen LogP contribution is 2.25. The van der Waals surface area contributed by atoms with E-state index < -0.39 is 6.43 Å². The van der Waals surface area contributed by atoms with Crippen LogP contribution in [0.2, 0.25) is 5.02 Å². The van der Waals surface area contributed by atoms with Gasteiger partial charge in [0.05, 0.1) is 5.69 Å². The highest BCUT2D eigenvalue weighted by molar-refractivity contribution is 6.30. The van der Waals surface area contributed by atoms with Crippen molar-refractivity contribution in [2.45, 2.75) is 19.9 Å². The largest absolute Gasteiger partial charge is 0.350 e. The van der Waals surface area contributed by atoms with Crippen LogP contribution in [0.1, 0.15) is 23.2 Å². The third-order valence-electron chi connectivity index (χ3n) is 3.68. The van der Waals surface area contributed by atoms with Crippen LogP contribution in [-0.2, 0) is 6.54 Å². The molecule has 1 heterocycles. The lowest BCUT2D eigenvalue weighted by Gasteiger charge is -2.10. The fourth-order valence-corrected chi connectivity index (χ4v) is 2.44. The molecule has 0 spiro atoms. The van der Waals surface area contributed by atoms with Gasteiger partial charge in [-0.3, -0.25) is 0 Å².